The van der Waals surface area contributed by atoms with E-state index in [0.29, 0.717) is 11.5 Å². The van der Waals surface area contributed by atoms with Crippen molar-refractivity contribution in [2.45, 2.75) is 5.92 Å². The molecule has 1 N–H and O–H groups in total. The molecule has 2 rings (SSSR count). The smallest absolute Gasteiger partial charge is 0.131 e. The van der Waals surface area contributed by atoms with Crippen molar-refractivity contribution in [2.75, 3.05) is 14.2 Å². The Bertz CT molecular complexity index is 601. The largest absolute Gasteiger partial charge is 0.508 e. The monoisotopic (exact) mass is 268 g/mol. The molecular weight excluding hydrogens is 252 g/mol. The summed E-state index contributed by atoms with van der Waals surface area (Å²) in [5, 5.41) is 9.69. The first-order chi connectivity index (χ1) is 9.71. The summed E-state index contributed by atoms with van der Waals surface area (Å²) in [6.45, 7) is 0. The Kier molecular flexibility index (Phi) is 4.17. The molecule has 0 spiro atoms. The van der Waals surface area contributed by atoms with Crippen LogP contribution in [0.5, 0.6) is 17.2 Å². The van der Waals surface area contributed by atoms with E-state index in [0.717, 1.165) is 11.1 Å². The van der Waals surface area contributed by atoms with Crippen molar-refractivity contribution in [2.24, 2.45) is 0 Å². The molecule has 102 valence electrons. The van der Waals surface area contributed by atoms with Gasteiger partial charge in [0.15, 0.2) is 0 Å². The van der Waals surface area contributed by atoms with Crippen LogP contribution in [0.15, 0.2) is 42.5 Å². The number of rotatable bonds is 4. The van der Waals surface area contributed by atoms with Crippen LogP contribution in [0, 0.1) is 12.3 Å². The lowest BCUT2D eigenvalue weighted by atomic mass is 9.90. The molecular formula is C17H16O3. The standard InChI is InChI=1S/C17H16O3/c1-4-14(12-8-6-5-7-9-12)17-15(19-2)10-13(18)11-16(17)20-3/h1,5-11,14,18H,2-3H3/t14-/m1/s1. The van der Waals surface area contributed by atoms with Gasteiger partial charge in [0, 0.05) is 12.1 Å². The van der Waals surface area contributed by atoms with Crippen LogP contribution in [0.2, 0.25) is 0 Å². The van der Waals surface area contributed by atoms with Crippen molar-refractivity contribution >= 4 is 0 Å². The molecule has 0 aliphatic rings. The number of benzene rings is 2. The first kappa shape index (κ1) is 13.8. The van der Waals surface area contributed by atoms with Crippen LogP contribution in [0.4, 0.5) is 0 Å². The third kappa shape index (κ3) is 2.55. The van der Waals surface area contributed by atoms with Gasteiger partial charge in [0.05, 0.1) is 25.7 Å². The summed E-state index contributed by atoms with van der Waals surface area (Å²) in [6.07, 6.45) is 5.70. The minimum Gasteiger partial charge on any atom is -0.508 e. The van der Waals surface area contributed by atoms with Gasteiger partial charge in [-0.25, -0.2) is 0 Å². The maximum absolute atomic E-state index is 9.69. The molecule has 0 bridgehead atoms. The number of hydrogen-bond acceptors (Lipinski definition) is 3. The van der Waals surface area contributed by atoms with E-state index >= 15 is 0 Å². The van der Waals surface area contributed by atoms with E-state index < -0.39 is 0 Å². The minimum atomic E-state index is -0.304. The lowest BCUT2D eigenvalue weighted by Crippen LogP contribution is -2.04. The first-order valence-corrected chi connectivity index (χ1v) is 6.17. The summed E-state index contributed by atoms with van der Waals surface area (Å²) in [5.74, 6) is 3.55. The second-order valence-electron chi connectivity index (χ2n) is 4.27. The molecule has 0 heterocycles. The Hall–Kier alpha value is -2.60. The van der Waals surface area contributed by atoms with Crippen molar-refractivity contribution in [1.82, 2.24) is 0 Å². The van der Waals surface area contributed by atoms with Gasteiger partial charge in [-0.1, -0.05) is 36.3 Å². The number of phenols is 1. The summed E-state index contributed by atoms with van der Waals surface area (Å²) in [4.78, 5) is 0. The molecule has 0 aliphatic carbocycles. The fourth-order valence-electron chi connectivity index (χ4n) is 2.20. The Morgan fingerprint density at radius 1 is 1.05 bits per heavy atom. The van der Waals surface area contributed by atoms with E-state index in [9.17, 15) is 5.11 Å². The van der Waals surface area contributed by atoms with Crippen molar-refractivity contribution < 1.29 is 14.6 Å². The number of terminal acetylenes is 1. The van der Waals surface area contributed by atoms with E-state index in [4.69, 9.17) is 15.9 Å². The Morgan fingerprint density at radius 3 is 2.05 bits per heavy atom. The highest BCUT2D eigenvalue weighted by Crippen LogP contribution is 2.41. The van der Waals surface area contributed by atoms with E-state index in [1.54, 1.807) is 0 Å². The summed E-state index contributed by atoms with van der Waals surface area (Å²) in [7, 11) is 3.08. The Labute approximate surface area is 118 Å². The van der Waals surface area contributed by atoms with Crippen LogP contribution >= 0.6 is 0 Å². The zero-order chi connectivity index (χ0) is 14.5. The maximum atomic E-state index is 9.69. The van der Waals surface area contributed by atoms with Crippen molar-refractivity contribution in [3.63, 3.8) is 0 Å². The summed E-state index contributed by atoms with van der Waals surface area (Å²) >= 11 is 0. The summed E-state index contributed by atoms with van der Waals surface area (Å²) < 4.78 is 10.7. The van der Waals surface area contributed by atoms with Crippen molar-refractivity contribution in [3.05, 3.63) is 53.6 Å². The number of ether oxygens (including phenoxy) is 2. The number of hydrogen-bond donors (Lipinski definition) is 1. The molecule has 2 aromatic carbocycles. The molecule has 0 fully saturated rings. The van der Waals surface area contributed by atoms with Crippen molar-refractivity contribution in [3.8, 4) is 29.6 Å². The molecule has 1 atom stereocenters. The molecule has 0 aliphatic heterocycles. The van der Waals surface area contributed by atoms with Gasteiger partial charge in [-0.2, -0.15) is 0 Å². The SMILES string of the molecule is C#C[C@H](c1ccccc1)c1c(OC)cc(O)cc1OC. The fraction of sp³-hybridized carbons (Fsp3) is 0.176. The van der Waals surface area contributed by atoms with Gasteiger partial charge in [0.1, 0.15) is 17.2 Å². The normalized spacial score (nSPS) is 11.4. The Morgan fingerprint density at radius 2 is 1.60 bits per heavy atom. The van der Waals surface area contributed by atoms with Gasteiger partial charge in [0.2, 0.25) is 0 Å². The zero-order valence-electron chi connectivity index (χ0n) is 11.5. The predicted molar refractivity (Wildman–Crippen MR) is 78.3 cm³/mol. The second kappa shape index (κ2) is 6.03. The quantitative estimate of drug-likeness (QED) is 0.866. The molecule has 0 unspecified atom stereocenters. The van der Waals surface area contributed by atoms with Gasteiger partial charge in [-0.3, -0.25) is 0 Å². The number of methoxy groups -OCH3 is 2. The minimum absolute atomic E-state index is 0.0753. The van der Waals surface area contributed by atoms with Crippen LogP contribution in [0.25, 0.3) is 0 Å². The summed E-state index contributed by atoms with van der Waals surface area (Å²) in [5.41, 5.74) is 1.71. The molecule has 3 nitrogen and oxygen atoms in total. The van der Waals surface area contributed by atoms with Crippen LogP contribution < -0.4 is 9.47 Å². The van der Waals surface area contributed by atoms with E-state index in [1.807, 2.05) is 30.3 Å². The molecule has 20 heavy (non-hydrogen) atoms. The van der Waals surface area contributed by atoms with Gasteiger partial charge in [0.25, 0.3) is 0 Å². The molecule has 0 saturated heterocycles. The molecule has 0 aromatic heterocycles. The average molecular weight is 268 g/mol. The highest BCUT2D eigenvalue weighted by molar-refractivity contribution is 5.57. The third-order valence-corrected chi connectivity index (χ3v) is 3.12. The second-order valence-corrected chi connectivity index (χ2v) is 4.27. The lowest BCUT2D eigenvalue weighted by Gasteiger charge is -2.19. The molecule has 0 saturated carbocycles. The molecule has 0 radical (unpaired) electrons. The zero-order valence-corrected chi connectivity index (χ0v) is 11.5. The van der Waals surface area contributed by atoms with Crippen molar-refractivity contribution in [1.29, 1.82) is 0 Å². The topological polar surface area (TPSA) is 38.7 Å². The Balaban J connectivity index is 2.63. The highest BCUT2D eigenvalue weighted by Gasteiger charge is 2.22. The predicted octanol–water partition coefficient (Wildman–Crippen LogP) is 3.17. The van der Waals surface area contributed by atoms with Gasteiger partial charge >= 0.3 is 0 Å². The van der Waals surface area contributed by atoms with E-state index in [2.05, 4.69) is 5.92 Å². The van der Waals surface area contributed by atoms with E-state index in [1.165, 1.54) is 26.4 Å². The maximum Gasteiger partial charge on any atom is 0.131 e. The van der Waals surface area contributed by atoms with Crippen LogP contribution in [0.3, 0.4) is 0 Å². The lowest BCUT2D eigenvalue weighted by molar-refractivity contribution is 0.376. The highest BCUT2D eigenvalue weighted by atomic mass is 16.5. The van der Waals surface area contributed by atoms with Gasteiger partial charge in [-0.15, -0.1) is 6.42 Å². The summed E-state index contributed by atoms with van der Waals surface area (Å²) in [6, 6.07) is 12.8. The van der Waals surface area contributed by atoms with Crippen LogP contribution in [-0.2, 0) is 0 Å². The molecule has 3 heteroatoms. The molecule has 2 aromatic rings. The van der Waals surface area contributed by atoms with Crippen LogP contribution in [-0.4, -0.2) is 19.3 Å². The van der Waals surface area contributed by atoms with Gasteiger partial charge in [-0.05, 0) is 5.56 Å². The number of phenolic OH excluding ortho intramolecular Hbond substituents is 1. The average Bonchev–Trinajstić information content (AvgIpc) is 2.49. The van der Waals surface area contributed by atoms with E-state index in [-0.39, 0.29) is 11.7 Å². The third-order valence-electron chi connectivity index (χ3n) is 3.12. The van der Waals surface area contributed by atoms with Crippen LogP contribution in [0.1, 0.15) is 17.0 Å². The number of aromatic hydroxyl groups is 1. The molecule has 0 amide bonds. The van der Waals surface area contributed by atoms with Gasteiger partial charge < -0.3 is 14.6 Å². The first-order valence-electron chi connectivity index (χ1n) is 6.17. The fourth-order valence-corrected chi connectivity index (χ4v) is 2.20.